The molecule has 2 fully saturated rings. The lowest BCUT2D eigenvalue weighted by Gasteiger charge is -2.31. The van der Waals surface area contributed by atoms with Gasteiger partial charge in [0.05, 0.1) is 33.0 Å². The minimum Gasteiger partial charge on any atom is -0.382 e. The fourth-order valence-electron chi connectivity index (χ4n) is 5.74. The van der Waals surface area contributed by atoms with Gasteiger partial charge < -0.3 is 47.7 Å². The van der Waals surface area contributed by atoms with Gasteiger partial charge in [0.25, 0.3) is 0 Å². The maximum atomic E-state index is 10.5. The highest BCUT2D eigenvalue weighted by molar-refractivity contribution is 5.15. The molecule has 1 N–H and O–H groups in total. The topological polar surface area (TPSA) is 103 Å². The van der Waals surface area contributed by atoms with Crippen LogP contribution in [0.5, 0.6) is 0 Å². The van der Waals surface area contributed by atoms with Crippen LogP contribution in [-0.2, 0) is 62.5 Å². The van der Waals surface area contributed by atoms with Crippen molar-refractivity contribution in [2.75, 3.05) is 34.5 Å². The number of hydrogen-bond donors (Lipinski definition) is 1. The lowest BCUT2D eigenvalue weighted by atomic mass is 10.1. The van der Waals surface area contributed by atoms with E-state index in [2.05, 4.69) is 0 Å². The molecule has 2 aliphatic rings. The maximum Gasteiger partial charge on any atom is 0.187 e. The number of rotatable bonds is 17. The summed E-state index contributed by atoms with van der Waals surface area (Å²) in [6.07, 6.45) is -6.44. The van der Waals surface area contributed by atoms with Gasteiger partial charge in [0, 0.05) is 21.3 Å². The first-order valence-corrected chi connectivity index (χ1v) is 15.2. The van der Waals surface area contributed by atoms with Gasteiger partial charge in [-0.15, -0.1) is 0 Å². The zero-order valence-electron chi connectivity index (χ0n) is 26.0. The van der Waals surface area contributed by atoms with E-state index >= 15 is 0 Å². The molecule has 0 radical (unpaired) electrons. The summed E-state index contributed by atoms with van der Waals surface area (Å²) in [5.41, 5.74) is 3.07. The Bertz CT molecular complexity index is 1230. The fraction of sp³-hybridized carbons (Fsp3) is 0.486. The molecule has 0 aliphatic carbocycles. The smallest absolute Gasteiger partial charge is 0.187 e. The second kappa shape index (κ2) is 17.3. The van der Waals surface area contributed by atoms with Gasteiger partial charge in [-0.3, -0.25) is 0 Å². The summed E-state index contributed by atoms with van der Waals surface area (Å²) >= 11 is 0. The van der Waals surface area contributed by atoms with E-state index < -0.39 is 55.3 Å². The van der Waals surface area contributed by atoms with Crippen LogP contribution in [0, 0.1) is 0 Å². The van der Waals surface area contributed by atoms with Gasteiger partial charge in [-0.1, -0.05) is 91.0 Å². The largest absolute Gasteiger partial charge is 0.382 e. The molecular weight excluding hydrogens is 580 g/mol. The summed E-state index contributed by atoms with van der Waals surface area (Å²) in [5.74, 6) is 0. The minimum absolute atomic E-state index is 0.143. The predicted molar refractivity (Wildman–Crippen MR) is 164 cm³/mol. The average molecular weight is 625 g/mol. The summed E-state index contributed by atoms with van der Waals surface area (Å²) in [6.45, 7) is 1.48. The standard InChI is InChI=1S/C35H44O10/c1-37-22-27(30-31(38-2)32(39-3)34(36)45-30)43-35-33(42-21-26-17-11-6-12-18-26)29(41-20-25-15-9-5-10-16-25)28(44-35)23-40-19-24-13-7-4-8-14-24/h4-18,27-36H,19-23H2,1-3H3/t27-,28+,29+,30-,31-,32+,33+,34+,35+/m0/s1. The molecule has 0 aromatic heterocycles. The number of benzene rings is 3. The van der Waals surface area contributed by atoms with Crippen LogP contribution in [0.25, 0.3) is 0 Å². The molecular formula is C35H44O10. The maximum absolute atomic E-state index is 10.5. The van der Waals surface area contributed by atoms with Crippen molar-refractivity contribution in [3.8, 4) is 0 Å². The fourth-order valence-corrected chi connectivity index (χ4v) is 5.74. The number of hydrogen-bond acceptors (Lipinski definition) is 10. The van der Waals surface area contributed by atoms with Crippen molar-refractivity contribution < 1.29 is 47.7 Å². The van der Waals surface area contributed by atoms with Gasteiger partial charge in [-0.05, 0) is 16.7 Å². The first-order valence-electron chi connectivity index (χ1n) is 15.2. The molecule has 0 saturated carbocycles. The van der Waals surface area contributed by atoms with E-state index in [9.17, 15) is 5.11 Å². The first kappa shape index (κ1) is 33.6. The molecule has 3 aromatic carbocycles. The van der Waals surface area contributed by atoms with Crippen LogP contribution in [0.3, 0.4) is 0 Å². The molecule has 9 atom stereocenters. The van der Waals surface area contributed by atoms with Crippen LogP contribution < -0.4 is 0 Å². The second-order valence-electron chi connectivity index (χ2n) is 11.1. The summed E-state index contributed by atoms with van der Waals surface area (Å²) in [4.78, 5) is 0. The Morgan fingerprint density at radius 3 is 1.71 bits per heavy atom. The van der Waals surface area contributed by atoms with Crippen LogP contribution in [-0.4, -0.2) is 95.0 Å². The number of aliphatic hydroxyl groups excluding tert-OH is 1. The highest BCUT2D eigenvalue weighted by atomic mass is 16.8. The zero-order chi connectivity index (χ0) is 31.4. The molecule has 2 heterocycles. The summed E-state index contributed by atoms with van der Waals surface area (Å²) in [7, 11) is 4.61. The average Bonchev–Trinajstić information content (AvgIpc) is 3.58. The van der Waals surface area contributed by atoms with E-state index in [1.165, 1.54) is 7.11 Å². The van der Waals surface area contributed by atoms with Gasteiger partial charge in [0.1, 0.15) is 42.7 Å². The zero-order valence-corrected chi connectivity index (χ0v) is 26.0. The third kappa shape index (κ3) is 8.96. The van der Waals surface area contributed by atoms with Crippen molar-refractivity contribution in [1.82, 2.24) is 0 Å². The van der Waals surface area contributed by atoms with E-state index in [0.717, 1.165) is 16.7 Å². The number of methoxy groups -OCH3 is 3. The van der Waals surface area contributed by atoms with Crippen LogP contribution in [0.4, 0.5) is 0 Å². The molecule has 5 rings (SSSR count). The molecule has 2 aliphatic heterocycles. The van der Waals surface area contributed by atoms with E-state index in [0.29, 0.717) is 19.8 Å². The van der Waals surface area contributed by atoms with Crippen LogP contribution in [0.2, 0.25) is 0 Å². The first-order chi connectivity index (χ1) is 22.1. The molecule has 10 nitrogen and oxygen atoms in total. The van der Waals surface area contributed by atoms with Gasteiger partial charge in [0.15, 0.2) is 12.6 Å². The Labute approximate surface area is 265 Å². The van der Waals surface area contributed by atoms with E-state index in [4.69, 9.17) is 42.6 Å². The van der Waals surface area contributed by atoms with Crippen molar-refractivity contribution in [2.24, 2.45) is 0 Å². The SMILES string of the molecule is COC[C@H](O[C@@H]1O[C@H](COCc2ccccc2)[C@@H](OCc2ccccc2)[C@H]1OCc1ccccc1)[C@@H]1O[C@@H](O)[C@H](OC)[C@H]1OC. The van der Waals surface area contributed by atoms with Gasteiger partial charge in [-0.2, -0.15) is 0 Å². The molecule has 10 heteroatoms. The van der Waals surface area contributed by atoms with Gasteiger partial charge in [0.2, 0.25) is 0 Å². The lowest BCUT2D eigenvalue weighted by molar-refractivity contribution is -0.245. The Kier molecular flexibility index (Phi) is 12.9. The summed E-state index contributed by atoms with van der Waals surface area (Å²) in [6, 6.07) is 29.8. The lowest BCUT2D eigenvalue weighted by Crippen LogP contribution is -2.47. The van der Waals surface area contributed by atoms with Crippen LogP contribution in [0.1, 0.15) is 16.7 Å². The van der Waals surface area contributed by atoms with E-state index in [1.54, 1.807) is 14.2 Å². The monoisotopic (exact) mass is 624 g/mol. The Hall–Kier alpha value is -2.74. The van der Waals surface area contributed by atoms with Crippen molar-refractivity contribution in [2.45, 2.75) is 75.1 Å². The summed E-state index contributed by atoms with van der Waals surface area (Å²) < 4.78 is 54.9. The third-order valence-electron chi connectivity index (χ3n) is 8.01. The molecule has 244 valence electrons. The highest BCUT2D eigenvalue weighted by Crippen LogP contribution is 2.34. The Morgan fingerprint density at radius 1 is 0.644 bits per heavy atom. The quantitative estimate of drug-likeness (QED) is 0.238. The van der Waals surface area contributed by atoms with Crippen LogP contribution >= 0.6 is 0 Å². The highest BCUT2D eigenvalue weighted by Gasteiger charge is 2.52. The van der Waals surface area contributed by atoms with Crippen LogP contribution in [0.15, 0.2) is 91.0 Å². The molecule has 45 heavy (non-hydrogen) atoms. The van der Waals surface area contributed by atoms with Crippen molar-refractivity contribution in [3.63, 3.8) is 0 Å². The summed E-state index contributed by atoms with van der Waals surface area (Å²) in [5, 5.41) is 10.5. The molecule has 2 saturated heterocycles. The molecule has 0 unspecified atom stereocenters. The van der Waals surface area contributed by atoms with E-state index in [-0.39, 0.29) is 13.2 Å². The molecule has 0 spiro atoms. The predicted octanol–water partition coefficient (Wildman–Crippen LogP) is 3.88. The molecule has 0 amide bonds. The molecule has 3 aromatic rings. The Balaban J connectivity index is 1.38. The number of ether oxygens (including phenoxy) is 9. The normalized spacial score (nSPS) is 28.8. The van der Waals surface area contributed by atoms with Gasteiger partial charge >= 0.3 is 0 Å². The second-order valence-corrected chi connectivity index (χ2v) is 11.1. The molecule has 0 bridgehead atoms. The van der Waals surface area contributed by atoms with Gasteiger partial charge in [-0.25, -0.2) is 0 Å². The minimum atomic E-state index is -1.19. The third-order valence-corrected chi connectivity index (χ3v) is 8.01. The van der Waals surface area contributed by atoms with Crippen molar-refractivity contribution >= 4 is 0 Å². The van der Waals surface area contributed by atoms with Crippen molar-refractivity contribution in [1.29, 1.82) is 0 Å². The van der Waals surface area contributed by atoms with Crippen molar-refractivity contribution in [3.05, 3.63) is 108 Å². The Morgan fingerprint density at radius 2 is 1.18 bits per heavy atom. The van der Waals surface area contributed by atoms with E-state index in [1.807, 2.05) is 91.0 Å². The number of aliphatic hydroxyl groups is 1.